The van der Waals surface area contributed by atoms with Crippen molar-refractivity contribution in [2.75, 3.05) is 6.54 Å². The third-order valence-electron chi connectivity index (χ3n) is 2.53. The summed E-state index contributed by atoms with van der Waals surface area (Å²) >= 11 is 2.93. The Morgan fingerprint density at radius 1 is 1.44 bits per heavy atom. The van der Waals surface area contributed by atoms with Crippen LogP contribution >= 0.6 is 15.9 Å². The minimum atomic E-state index is -4.36. The molecule has 0 saturated heterocycles. The number of halogens is 4. The van der Waals surface area contributed by atoms with E-state index in [0.717, 1.165) is 11.6 Å². The van der Waals surface area contributed by atoms with Crippen LogP contribution in [0.1, 0.15) is 31.0 Å². The Morgan fingerprint density at radius 3 is 2.50 bits per heavy atom. The van der Waals surface area contributed by atoms with Crippen LogP contribution in [0.4, 0.5) is 13.2 Å². The Bertz CT molecular complexity index is 440. The largest absolute Gasteiger partial charge is 0.417 e. The van der Waals surface area contributed by atoms with Gasteiger partial charge in [0.25, 0.3) is 0 Å². The van der Waals surface area contributed by atoms with Gasteiger partial charge in [-0.15, -0.1) is 0 Å². The van der Waals surface area contributed by atoms with Crippen molar-refractivity contribution in [1.82, 2.24) is 5.32 Å². The number of likely N-dealkylation sites (N-methyl/N-ethyl adjacent to an activating group) is 1. The quantitative estimate of drug-likeness (QED) is 0.793. The van der Waals surface area contributed by atoms with Gasteiger partial charge in [0.05, 0.1) is 11.6 Å². The van der Waals surface area contributed by atoms with Gasteiger partial charge in [-0.2, -0.15) is 13.2 Å². The Labute approximate surface area is 113 Å². The fraction of sp³-hybridized carbons (Fsp3) is 0.385. The molecule has 0 aliphatic carbocycles. The minimum absolute atomic E-state index is 0.0516. The molecule has 0 aliphatic heterocycles. The Kier molecular flexibility index (Phi) is 4.99. The average Bonchev–Trinajstić information content (AvgIpc) is 2.25. The molecule has 0 aliphatic rings. The molecule has 0 heterocycles. The van der Waals surface area contributed by atoms with E-state index in [1.54, 1.807) is 13.0 Å². The monoisotopic (exact) mass is 321 g/mol. The van der Waals surface area contributed by atoms with Crippen LogP contribution in [-0.4, -0.2) is 6.54 Å². The molecule has 0 spiro atoms. The maximum absolute atomic E-state index is 12.8. The average molecular weight is 322 g/mol. The van der Waals surface area contributed by atoms with E-state index in [-0.39, 0.29) is 10.5 Å². The highest BCUT2D eigenvalue weighted by Gasteiger charge is 2.33. The molecule has 0 aromatic heterocycles. The summed E-state index contributed by atoms with van der Waals surface area (Å²) < 4.78 is 38.5. The number of alkyl halides is 3. The van der Waals surface area contributed by atoms with E-state index in [1.165, 1.54) is 6.07 Å². The molecule has 1 unspecified atom stereocenters. The maximum Gasteiger partial charge on any atom is 0.417 e. The summed E-state index contributed by atoms with van der Waals surface area (Å²) in [6.45, 7) is 8.17. The Hall–Kier alpha value is -0.810. The lowest BCUT2D eigenvalue weighted by atomic mass is 9.99. The number of hydrogen-bond acceptors (Lipinski definition) is 1. The SMILES string of the molecule is C=C(C)C(NCC)c1ccc(Br)c(C(F)(F)F)c1. The van der Waals surface area contributed by atoms with Crippen molar-refractivity contribution in [2.45, 2.75) is 26.1 Å². The van der Waals surface area contributed by atoms with Crippen LogP contribution in [0.3, 0.4) is 0 Å². The Balaban J connectivity index is 3.22. The van der Waals surface area contributed by atoms with E-state index in [9.17, 15) is 13.2 Å². The van der Waals surface area contributed by atoms with Crippen LogP contribution in [0, 0.1) is 0 Å². The second-order valence-corrected chi connectivity index (χ2v) is 4.93. The number of nitrogens with one attached hydrogen (secondary N) is 1. The van der Waals surface area contributed by atoms with Crippen LogP contribution in [0.2, 0.25) is 0 Å². The lowest BCUT2D eigenvalue weighted by molar-refractivity contribution is -0.138. The van der Waals surface area contributed by atoms with Crippen molar-refractivity contribution in [2.24, 2.45) is 0 Å². The molecule has 5 heteroatoms. The molecule has 0 radical (unpaired) electrons. The molecule has 18 heavy (non-hydrogen) atoms. The number of rotatable bonds is 4. The second kappa shape index (κ2) is 5.89. The second-order valence-electron chi connectivity index (χ2n) is 4.07. The van der Waals surface area contributed by atoms with Crippen LogP contribution < -0.4 is 5.32 Å². The summed E-state index contributed by atoms with van der Waals surface area (Å²) in [6.07, 6.45) is -4.36. The summed E-state index contributed by atoms with van der Waals surface area (Å²) in [6, 6.07) is 3.99. The predicted molar refractivity (Wildman–Crippen MR) is 70.4 cm³/mol. The first-order chi connectivity index (χ1) is 8.27. The molecule has 0 bridgehead atoms. The van der Waals surface area contributed by atoms with Crippen molar-refractivity contribution in [3.63, 3.8) is 0 Å². The highest BCUT2D eigenvalue weighted by atomic mass is 79.9. The van der Waals surface area contributed by atoms with Gasteiger partial charge in [-0.1, -0.05) is 41.1 Å². The van der Waals surface area contributed by atoms with Crippen LogP contribution in [0.25, 0.3) is 0 Å². The van der Waals surface area contributed by atoms with Crippen LogP contribution in [0.15, 0.2) is 34.8 Å². The van der Waals surface area contributed by atoms with Gasteiger partial charge in [0, 0.05) is 4.47 Å². The van der Waals surface area contributed by atoms with Crippen molar-refractivity contribution in [1.29, 1.82) is 0 Å². The zero-order valence-corrected chi connectivity index (χ0v) is 11.8. The van der Waals surface area contributed by atoms with E-state index in [1.807, 2.05) is 6.92 Å². The molecule has 1 atom stereocenters. The molecule has 1 N–H and O–H groups in total. The zero-order valence-electron chi connectivity index (χ0n) is 10.2. The molecule has 1 aromatic carbocycles. The van der Waals surface area contributed by atoms with Gasteiger partial charge < -0.3 is 5.32 Å². The van der Waals surface area contributed by atoms with Gasteiger partial charge in [-0.05, 0) is 31.2 Å². The fourth-order valence-corrected chi connectivity index (χ4v) is 2.19. The highest BCUT2D eigenvalue weighted by molar-refractivity contribution is 9.10. The highest BCUT2D eigenvalue weighted by Crippen LogP contribution is 2.36. The van der Waals surface area contributed by atoms with Crippen molar-refractivity contribution in [3.8, 4) is 0 Å². The molecule has 1 rings (SSSR count). The first kappa shape index (κ1) is 15.2. The molecule has 1 aromatic rings. The van der Waals surface area contributed by atoms with E-state index < -0.39 is 11.7 Å². The third kappa shape index (κ3) is 3.59. The van der Waals surface area contributed by atoms with E-state index in [2.05, 4.69) is 27.8 Å². The standard InChI is InChI=1S/C13H15BrF3N/c1-4-18-12(8(2)3)9-5-6-11(14)10(7-9)13(15,16)17/h5-7,12,18H,2,4H2,1,3H3. The zero-order chi connectivity index (χ0) is 13.9. The topological polar surface area (TPSA) is 12.0 Å². The molecular formula is C13H15BrF3N. The third-order valence-corrected chi connectivity index (χ3v) is 3.22. The molecule has 0 amide bonds. The summed E-state index contributed by atoms with van der Waals surface area (Å²) in [5.74, 6) is 0. The summed E-state index contributed by atoms with van der Waals surface area (Å²) in [5, 5.41) is 3.11. The lowest BCUT2D eigenvalue weighted by Gasteiger charge is -2.20. The van der Waals surface area contributed by atoms with Gasteiger partial charge in [-0.3, -0.25) is 0 Å². The van der Waals surface area contributed by atoms with Crippen molar-refractivity contribution >= 4 is 15.9 Å². The smallest absolute Gasteiger partial charge is 0.307 e. The van der Waals surface area contributed by atoms with Crippen LogP contribution in [0.5, 0.6) is 0 Å². The normalized spacial score (nSPS) is 13.4. The minimum Gasteiger partial charge on any atom is -0.307 e. The summed E-state index contributed by atoms with van der Waals surface area (Å²) in [5.41, 5.74) is 0.691. The lowest BCUT2D eigenvalue weighted by Crippen LogP contribution is -2.22. The summed E-state index contributed by atoms with van der Waals surface area (Å²) in [4.78, 5) is 0. The number of hydrogen-bond donors (Lipinski definition) is 1. The molecule has 100 valence electrons. The van der Waals surface area contributed by atoms with Crippen LogP contribution in [-0.2, 0) is 6.18 Å². The first-order valence-electron chi connectivity index (χ1n) is 5.52. The molecule has 0 saturated carbocycles. The van der Waals surface area contributed by atoms with E-state index in [4.69, 9.17) is 0 Å². The summed E-state index contributed by atoms with van der Waals surface area (Å²) in [7, 11) is 0. The molecule has 0 fully saturated rings. The Morgan fingerprint density at radius 2 is 2.06 bits per heavy atom. The van der Waals surface area contributed by atoms with Gasteiger partial charge in [0.15, 0.2) is 0 Å². The predicted octanol–water partition coefficient (Wildman–Crippen LogP) is 4.69. The van der Waals surface area contributed by atoms with Crippen molar-refractivity contribution < 1.29 is 13.2 Å². The fourth-order valence-electron chi connectivity index (χ4n) is 1.72. The molecular weight excluding hydrogens is 307 g/mol. The van der Waals surface area contributed by atoms with E-state index in [0.29, 0.717) is 12.1 Å². The van der Waals surface area contributed by atoms with Gasteiger partial charge in [0.2, 0.25) is 0 Å². The van der Waals surface area contributed by atoms with Gasteiger partial charge in [0.1, 0.15) is 0 Å². The van der Waals surface area contributed by atoms with Crippen molar-refractivity contribution in [3.05, 3.63) is 46.0 Å². The maximum atomic E-state index is 12.8. The van der Waals surface area contributed by atoms with E-state index >= 15 is 0 Å². The number of benzene rings is 1. The first-order valence-corrected chi connectivity index (χ1v) is 6.32. The van der Waals surface area contributed by atoms with Gasteiger partial charge in [-0.25, -0.2) is 0 Å². The van der Waals surface area contributed by atoms with Gasteiger partial charge >= 0.3 is 6.18 Å². The molecule has 1 nitrogen and oxygen atoms in total.